The predicted octanol–water partition coefficient (Wildman–Crippen LogP) is 2.73. The highest BCUT2D eigenvalue weighted by Gasteiger charge is 2.41. The second-order valence-corrected chi connectivity index (χ2v) is 6.80. The highest BCUT2D eigenvalue weighted by molar-refractivity contribution is 8.03. The average molecular weight is 328 g/mol. The molecule has 2 atom stereocenters. The van der Waals surface area contributed by atoms with Crippen LogP contribution in [0, 0.1) is 23.2 Å². The largest absolute Gasteiger partial charge is 0.457 e. The minimum absolute atomic E-state index is 0.0327. The first-order valence-corrected chi connectivity index (χ1v) is 8.19. The monoisotopic (exact) mass is 328 g/mol. The van der Waals surface area contributed by atoms with Crippen molar-refractivity contribution in [2.24, 2.45) is 11.8 Å². The molecule has 6 heteroatoms. The Hall–Kier alpha value is -2.26. The van der Waals surface area contributed by atoms with Gasteiger partial charge in [-0.25, -0.2) is 0 Å². The number of thioether (sulfide) groups is 1. The number of Topliss-reactive ketones (excluding diaryl/α,β-unsaturated/α-hetero) is 1. The van der Waals surface area contributed by atoms with Crippen molar-refractivity contribution >= 4 is 29.2 Å². The lowest BCUT2D eigenvalue weighted by Crippen LogP contribution is -2.20. The van der Waals surface area contributed by atoms with Crippen LogP contribution in [0.3, 0.4) is 0 Å². The van der Waals surface area contributed by atoms with Crippen LogP contribution in [-0.4, -0.2) is 25.4 Å². The molecule has 1 fully saturated rings. The molecule has 1 heterocycles. The van der Waals surface area contributed by atoms with Crippen LogP contribution >= 0.6 is 11.8 Å². The Morgan fingerprint density at radius 2 is 2.13 bits per heavy atom. The van der Waals surface area contributed by atoms with E-state index < -0.39 is 5.78 Å². The van der Waals surface area contributed by atoms with Crippen LogP contribution in [0.15, 0.2) is 39.8 Å². The summed E-state index contributed by atoms with van der Waals surface area (Å²) in [6, 6.07) is 9.66. The Bertz CT molecular complexity index is 750. The number of carbonyl (C=O) groups is 2. The number of benzene rings is 1. The lowest BCUT2D eigenvalue weighted by Gasteiger charge is -2.14. The lowest BCUT2D eigenvalue weighted by molar-refractivity contribution is -0.148. The fourth-order valence-electron chi connectivity index (χ4n) is 2.52. The smallest absolute Gasteiger partial charge is 0.309 e. The molecule has 0 radical (unpaired) electrons. The molecule has 1 aliphatic carbocycles. The van der Waals surface area contributed by atoms with Crippen LogP contribution in [0.4, 0.5) is 5.69 Å². The summed E-state index contributed by atoms with van der Waals surface area (Å²) in [4.78, 5) is 26.8. The van der Waals surface area contributed by atoms with Crippen molar-refractivity contribution in [3.8, 4) is 6.07 Å². The van der Waals surface area contributed by atoms with E-state index in [1.807, 2.05) is 49.2 Å². The maximum Gasteiger partial charge on any atom is 0.309 e. The molecule has 1 aromatic rings. The molecule has 0 spiro atoms. The maximum absolute atomic E-state index is 12.3. The van der Waals surface area contributed by atoms with Crippen molar-refractivity contribution in [1.82, 2.24) is 0 Å². The number of rotatable bonds is 4. The Balaban J connectivity index is 1.73. The quantitative estimate of drug-likeness (QED) is 0.481. The van der Waals surface area contributed by atoms with Gasteiger partial charge in [-0.3, -0.25) is 9.59 Å². The molecule has 2 aliphatic rings. The number of esters is 1. The van der Waals surface area contributed by atoms with E-state index in [2.05, 4.69) is 0 Å². The summed E-state index contributed by atoms with van der Waals surface area (Å²) >= 11 is 1.38. The molecule has 1 aromatic carbocycles. The number of nitriles is 1. The molecule has 0 amide bonds. The van der Waals surface area contributed by atoms with Crippen molar-refractivity contribution in [2.45, 2.75) is 18.2 Å². The number of nitrogens with zero attached hydrogens (tertiary/aromatic N) is 2. The third-order valence-corrected chi connectivity index (χ3v) is 5.34. The van der Waals surface area contributed by atoms with Crippen molar-refractivity contribution in [1.29, 1.82) is 5.26 Å². The van der Waals surface area contributed by atoms with E-state index in [4.69, 9.17) is 4.74 Å². The van der Waals surface area contributed by atoms with Gasteiger partial charge in [0.15, 0.2) is 6.61 Å². The molecule has 3 rings (SSSR count). The van der Waals surface area contributed by atoms with Crippen molar-refractivity contribution in [3.05, 3.63) is 34.9 Å². The van der Waals surface area contributed by atoms with E-state index >= 15 is 0 Å². The lowest BCUT2D eigenvalue weighted by atomic mass is 10.2. The van der Waals surface area contributed by atoms with Crippen molar-refractivity contribution in [2.75, 3.05) is 18.6 Å². The van der Waals surface area contributed by atoms with Gasteiger partial charge in [-0.15, -0.1) is 0 Å². The van der Waals surface area contributed by atoms with Crippen molar-refractivity contribution in [3.63, 3.8) is 0 Å². The third-order valence-electron chi connectivity index (χ3n) is 4.10. The molecule has 5 nitrogen and oxygen atoms in total. The molecule has 0 aromatic heterocycles. The van der Waals surface area contributed by atoms with Gasteiger partial charge in [-0.2, -0.15) is 5.26 Å². The Morgan fingerprint density at radius 3 is 2.74 bits per heavy atom. The van der Waals surface area contributed by atoms with Gasteiger partial charge in [-0.1, -0.05) is 30.8 Å². The molecule has 118 valence electrons. The van der Waals surface area contributed by atoms with E-state index in [9.17, 15) is 14.9 Å². The fraction of sp³-hybridized carbons (Fsp3) is 0.353. The normalized spacial score (nSPS) is 23.8. The number of ether oxygens (including phenoxy) is 1. The van der Waals surface area contributed by atoms with Gasteiger partial charge in [0.1, 0.15) is 16.7 Å². The number of anilines is 1. The van der Waals surface area contributed by atoms with Crippen LogP contribution < -0.4 is 4.90 Å². The molecule has 0 saturated heterocycles. The molecular weight excluding hydrogens is 312 g/mol. The predicted molar refractivity (Wildman–Crippen MR) is 86.6 cm³/mol. The molecule has 0 unspecified atom stereocenters. The van der Waals surface area contributed by atoms with Gasteiger partial charge >= 0.3 is 5.97 Å². The first-order chi connectivity index (χ1) is 11.0. The summed E-state index contributed by atoms with van der Waals surface area (Å²) in [5, 5.41) is 9.95. The Labute approximate surface area is 138 Å². The second kappa shape index (κ2) is 6.09. The number of hydrogen-bond acceptors (Lipinski definition) is 6. The van der Waals surface area contributed by atoms with Gasteiger partial charge in [0.2, 0.25) is 5.78 Å². The van der Waals surface area contributed by atoms with Gasteiger partial charge in [-0.05, 0) is 24.5 Å². The van der Waals surface area contributed by atoms with E-state index in [0.29, 0.717) is 10.9 Å². The highest BCUT2D eigenvalue weighted by Crippen LogP contribution is 2.46. The fourth-order valence-corrected chi connectivity index (χ4v) is 3.68. The summed E-state index contributed by atoms with van der Waals surface area (Å²) in [6.07, 6.45) is 0.813. The zero-order valence-electron chi connectivity index (χ0n) is 12.9. The molecule has 23 heavy (non-hydrogen) atoms. The zero-order valence-corrected chi connectivity index (χ0v) is 13.7. The second-order valence-electron chi connectivity index (χ2n) is 5.77. The highest BCUT2D eigenvalue weighted by atomic mass is 32.2. The van der Waals surface area contributed by atoms with Gasteiger partial charge < -0.3 is 9.64 Å². The number of para-hydroxylation sites is 1. The maximum atomic E-state index is 12.3. The van der Waals surface area contributed by atoms with Crippen molar-refractivity contribution < 1.29 is 14.3 Å². The van der Waals surface area contributed by atoms with Crippen LogP contribution in [0.1, 0.15) is 13.3 Å². The van der Waals surface area contributed by atoms with Gasteiger partial charge in [0.05, 0.1) is 11.6 Å². The summed E-state index contributed by atoms with van der Waals surface area (Å²) in [6.45, 7) is 1.59. The van der Waals surface area contributed by atoms with E-state index in [1.165, 1.54) is 11.8 Å². The Kier molecular flexibility index (Phi) is 4.14. The zero-order chi connectivity index (χ0) is 16.6. The van der Waals surface area contributed by atoms with Crippen LogP contribution in [0.25, 0.3) is 0 Å². The molecule has 1 saturated carbocycles. The molecule has 1 aliphatic heterocycles. The minimum Gasteiger partial charge on any atom is -0.457 e. The summed E-state index contributed by atoms with van der Waals surface area (Å²) in [5.41, 5.74) is 0.988. The number of fused-ring (bicyclic) bond motifs is 1. The first kappa shape index (κ1) is 15.6. The van der Waals surface area contributed by atoms with Gasteiger partial charge in [0, 0.05) is 11.9 Å². The molecular formula is C17H16N2O3S. The van der Waals surface area contributed by atoms with Gasteiger partial charge in [0.25, 0.3) is 0 Å². The average Bonchev–Trinajstić information content (AvgIpc) is 3.20. The SMILES string of the molecule is C[C@@H]1C[C@@H]1C(=O)OCC(=O)/C(C#N)=C1\Sc2ccccc2N1C. The third kappa shape index (κ3) is 2.97. The van der Waals surface area contributed by atoms with Crippen LogP contribution in [0.2, 0.25) is 0 Å². The number of hydrogen-bond donors (Lipinski definition) is 0. The number of ketones is 1. The summed E-state index contributed by atoms with van der Waals surface area (Å²) in [5.74, 6) is -0.564. The molecule has 0 N–H and O–H groups in total. The summed E-state index contributed by atoms with van der Waals surface area (Å²) < 4.78 is 5.05. The van der Waals surface area contributed by atoms with Crippen LogP contribution in [0.5, 0.6) is 0 Å². The Morgan fingerprint density at radius 1 is 1.43 bits per heavy atom. The van der Waals surface area contributed by atoms with E-state index in [1.54, 1.807) is 0 Å². The van der Waals surface area contributed by atoms with E-state index in [-0.39, 0.29) is 24.1 Å². The standard InChI is InChI=1S/C17H16N2O3S/c1-10-7-11(10)17(21)22-9-14(20)12(8-18)16-19(2)13-5-3-4-6-15(13)23-16/h3-6,10-11H,7,9H2,1-2H3/b16-12-/t10-,11+/m1/s1. The topological polar surface area (TPSA) is 70.4 Å². The molecule has 0 bridgehead atoms. The minimum atomic E-state index is -0.462. The first-order valence-electron chi connectivity index (χ1n) is 7.37. The number of carbonyl (C=O) groups excluding carboxylic acids is 2. The summed E-state index contributed by atoms with van der Waals surface area (Å²) in [7, 11) is 1.82. The van der Waals surface area contributed by atoms with E-state index in [0.717, 1.165) is 17.0 Å². The van der Waals surface area contributed by atoms with Crippen LogP contribution in [-0.2, 0) is 14.3 Å².